The Morgan fingerprint density at radius 2 is 2.00 bits per heavy atom. The van der Waals surface area contributed by atoms with Gasteiger partial charge in [0.2, 0.25) is 0 Å². The fourth-order valence-corrected chi connectivity index (χ4v) is 1.93. The monoisotopic (exact) mass is 185 g/mol. The van der Waals surface area contributed by atoms with Gasteiger partial charge in [-0.1, -0.05) is 19.3 Å². The third-order valence-corrected chi connectivity index (χ3v) is 2.81. The summed E-state index contributed by atoms with van der Waals surface area (Å²) in [5, 5.41) is 2.47. The standard InChI is InChI=1S/C10H19NO2/c1-8(13-10(12)11-2)9-6-4-3-5-7-9/h8-9H,3-7H2,1-2H3,(H,11,12)/t8-/m0/s1. The SMILES string of the molecule is CNC(=O)O[C@@H](C)C1CCCCC1. The molecule has 0 bridgehead atoms. The van der Waals surface area contributed by atoms with Crippen LogP contribution in [0.15, 0.2) is 0 Å². The van der Waals surface area contributed by atoms with Crippen LogP contribution in [0, 0.1) is 5.92 Å². The number of rotatable bonds is 2. The molecular weight excluding hydrogens is 166 g/mol. The summed E-state index contributed by atoms with van der Waals surface area (Å²) in [5.74, 6) is 0.575. The number of amides is 1. The molecule has 1 saturated carbocycles. The van der Waals surface area contributed by atoms with E-state index >= 15 is 0 Å². The highest BCUT2D eigenvalue weighted by atomic mass is 16.6. The molecule has 0 unspecified atom stereocenters. The summed E-state index contributed by atoms with van der Waals surface area (Å²) >= 11 is 0. The lowest BCUT2D eigenvalue weighted by Crippen LogP contribution is -2.30. The number of ether oxygens (including phenoxy) is 1. The van der Waals surface area contributed by atoms with Gasteiger partial charge in [-0.25, -0.2) is 4.79 Å². The molecule has 0 aromatic heterocycles. The molecule has 13 heavy (non-hydrogen) atoms. The molecule has 0 heterocycles. The molecule has 0 radical (unpaired) electrons. The van der Waals surface area contributed by atoms with Crippen LogP contribution in [0.5, 0.6) is 0 Å². The predicted octanol–water partition coefficient (Wildman–Crippen LogP) is 2.31. The summed E-state index contributed by atoms with van der Waals surface area (Å²) in [5.41, 5.74) is 0. The smallest absolute Gasteiger partial charge is 0.407 e. The Labute approximate surface area is 79.8 Å². The van der Waals surface area contributed by atoms with Crippen LogP contribution in [-0.2, 0) is 4.74 Å². The van der Waals surface area contributed by atoms with Gasteiger partial charge in [0.05, 0.1) is 0 Å². The molecule has 1 fully saturated rings. The van der Waals surface area contributed by atoms with E-state index in [4.69, 9.17) is 4.74 Å². The van der Waals surface area contributed by atoms with Crippen molar-refractivity contribution in [2.24, 2.45) is 5.92 Å². The quantitative estimate of drug-likeness (QED) is 0.717. The Balaban J connectivity index is 2.28. The summed E-state index contributed by atoms with van der Waals surface area (Å²) in [6, 6.07) is 0. The van der Waals surface area contributed by atoms with Crippen LogP contribution in [-0.4, -0.2) is 19.2 Å². The zero-order valence-corrected chi connectivity index (χ0v) is 8.51. The van der Waals surface area contributed by atoms with Crippen molar-refractivity contribution in [3.63, 3.8) is 0 Å². The van der Waals surface area contributed by atoms with E-state index in [-0.39, 0.29) is 12.2 Å². The van der Waals surface area contributed by atoms with Crippen LogP contribution in [0.1, 0.15) is 39.0 Å². The van der Waals surface area contributed by atoms with Crippen LogP contribution in [0.25, 0.3) is 0 Å². The number of hydrogen-bond acceptors (Lipinski definition) is 2. The van der Waals surface area contributed by atoms with Gasteiger partial charge in [0, 0.05) is 7.05 Å². The van der Waals surface area contributed by atoms with Crippen molar-refractivity contribution in [1.82, 2.24) is 5.32 Å². The maximum atomic E-state index is 10.9. The average Bonchev–Trinajstić information content (AvgIpc) is 2.19. The summed E-state index contributed by atoms with van der Waals surface area (Å²) < 4.78 is 5.19. The highest BCUT2D eigenvalue weighted by Crippen LogP contribution is 2.27. The fourth-order valence-electron chi connectivity index (χ4n) is 1.93. The van der Waals surface area contributed by atoms with Crippen LogP contribution < -0.4 is 5.32 Å². The van der Waals surface area contributed by atoms with Gasteiger partial charge in [-0.15, -0.1) is 0 Å². The maximum absolute atomic E-state index is 10.9. The summed E-state index contributed by atoms with van der Waals surface area (Å²) in [6.45, 7) is 1.99. The van der Waals surface area contributed by atoms with E-state index in [1.165, 1.54) is 32.1 Å². The van der Waals surface area contributed by atoms with Crippen molar-refractivity contribution in [2.75, 3.05) is 7.05 Å². The highest BCUT2D eigenvalue weighted by Gasteiger charge is 2.22. The zero-order chi connectivity index (χ0) is 9.68. The van der Waals surface area contributed by atoms with Crippen molar-refractivity contribution < 1.29 is 9.53 Å². The lowest BCUT2D eigenvalue weighted by molar-refractivity contribution is 0.0608. The number of carbonyl (C=O) groups is 1. The zero-order valence-electron chi connectivity index (χ0n) is 8.51. The van der Waals surface area contributed by atoms with Gasteiger partial charge in [0.25, 0.3) is 0 Å². The van der Waals surface area contributed by atoms with Gasteiger partial charge in [-0.05, 0) is 25.7 Å². The van der Waals surface area contributed by atoms with E-state index in [1.54, 1.807) is 7.05 Å². The van der Waals surface area contributed by atoms with Crippen molar-refractivity contribution >= 4 is 6.09 Å². The van der Waals surface area contributed by atoms with Crippen molar-refractivity contribution in [3.05, 3.63) is 0 Å². The van der Waals surface area contributed by atoms with E-state index in [2.05, 4.69) is 5.32 Å². The number of hydrogen-bond donors (Lipinski definition) is 1. The van der Waals surface area contributed by atoms with Crippen molar-refractivity contribution in [1.29, 1.82) is 0 Å². The Hall–Kier alpha value is -0.730. The minimum atomic E-state index is -0.307. The predicted molar refractivity (Wildman–Crippen MR) is 51.6 cm³/mol. The van der Waals surface area contributed by atoms with Gasteiger partial charge in [0.15, 0.2) is 0 Å². The van der Waals surface area contributed by atoms with E-state index in [1.807, 2.05) is 6.92 Å². The van der Waals surface area contributed by atoms with E-state index in [0.29, 0.717) is 5.92 Å². The summed E-state index contributed by atoms with van der Waals surface area (Å²) in [7, 11) is 1.59. The maximum Gasteiger partial charge on any atom is 0.407 e. The molecule has 1 N–H and O–H groups in total. The third kappa shape index (κ3) is 3.25. The summed E-state index contributed by atoms with van der Waals surface area (Å²) in [4.78, 5) is 10.9. The largest absolute Gasteiger partial charge is 0.446 e. The lowest BCUT2D eigenvalue weighted by atomic mass is 9.86. The van der Waals surface area contributed by atoms with Gasteiger partial charge in [-0.3, -0.25) is 0 Å². The molecule has 0 spiro atoms. The van der Waals surface area contributed by atoms with Crippen molar-refractivity contribution in [2.45, 2.75) is 45.1 Å². The number of nitrogens with one attached hydrogen (secondary N) is 1. The first-order valence-electron chi connectivity index (χ1n) is 5.12. The van der Waals surface area contributed by atoms with Gasteiger partial charge in [-0.2, -0.15) is 0 Å². The second kappa shape index (κ2) is 5.10. The molecule has 0 aromatic rings. The second-order valence-corrected chi connectivity index (χ2v) is 3.76. The molecule has 1 atom stereocenters. The lowest BCUT2D eigenvalue weighted by Gasteiger charge is -2.27. The van der Waals surface area contributed by atoms with Crippen molar-refractivity contribution in [3.8, 4) is 0 Å². The fraction of sp³-hybridized carbons (Fsp3) is 0.900. The highest BCUT2D eigenvalue weighted by molar-refractivity contribution is 5.66. The molecule has 3 heteroatoms. The Morgan fingerprint density at radius 3 is 2.54 bits per heavy atom. The molecule has 1 amide bonds. The van der Waals surface area contributed by atoms with Crippen LogP contribution in [0.3, 0.4) is 0 Å². The number of alkyl carbamates (subject to hydrolysis) is 1. The molecule has 0 saturated heterocycles. The minimum absolute atomic E-state index is 0.0697. The molecule has 1 rings (SSSR count). The van der Waals surface area contributed by atoms with Gasteiger partial charge >= 0.3 is 6.09 Å². The Kier molecular flexibility index (Phi) is 4.06. The third-order valence-electron chi connectivity index (χ3n) is 2.81. The van der Waals surface area contributed by atoms with Gasteiger partial charge < -0.3 is 10.1 Å². The van der Waals surface area contributed by atoms with E-state index in [9.17, 15) is 4.79 Å². The van der Waals surface area contributed by atoms with Crippen LogP contribution in [0.4, 0.5) is 4.79 Å². The topological polar surface area (TPSA) is 38.3 Å². The van der Waals surface area contributed by atoms with Crippen LogP contribution in [0.2, 0.25) is 0 Å². The van der Waals surface area contributed by atoms with E-state index in [0.717, 1.165) is 0 Å². The molecule has 3 nitrogen and oxygen atoms in total. The molecule has 1 aliphatic carbocycles. The molecular formula is C10H19NO2. The second-order valence-electron chi connectivity index (χ2n) is 3.76. The molecule has 0 aliphatic heterocycles. The first kappa shape index (κ1) is 10.4. The molecule has 1 aliphatic rings. The van der Waals surface area contributed by atoms with E-state index < -0.39 is 0 Å². The Morgan fingerprint density at radius 1 is 1.38 bits per heavy atom. The molecule has 76 valence electrons. The number of carbonyl (C=O) groups excluding carboxylic acids is 1. The Bertz CT molecular complexity index is 164. The first-order chi connectivity index (χ1) is 6.24. The average molecular weight is 185 g/mol. The van der Waals surface area contributed by atoms with Crippen LogP contribution >= 0.6 is 0 Å². The summed E-state index contributed by atoms with van der Waals surface area (Å²) in [6.07, 6.45) is 6.08. The molecule has 0 aromatic carbocycles. The van der Waals surface area contributed by atoms with Gasteiger partial charge in [0.1, 0.15) is 6.10 Å². The normalized spacial score (nSPS) is 20.8. The first-order valence-corrected chi connectivity index (χ1v) is 5.12. The minimum Gasteiger partial charge on any atom is -0.446 e.